The fraction of sp³-hybridized carbons (Fsp3) is 0.400. The van der Waals surface area contributed by atoms with Crippen LogP contribution in [0, 0.1) is 0 Å². The zero-order chi connectivity index (χ0) is 10.9. The van der Waals surface area contributed by atoms with Gasteiger partial charge in [0.15, 0.2) is 9.84 Å². The molecule has 0 aromatic heterocycles. The van der Waals surface area contributed by atoms with Crippen LogP contribution in [0.2, 0.25) is 0 Å². The zero-order valence-electron chi connectivity index (χ0n) is 8.22. The highest BCUT2D eigenvalue weighted by Crippen LogP contribution is 2.22. The van der Waals surface area contributed by atoms with E-state index in [1.807, 2.05) is 0 Å². The van der Waals surface area contributed by atoms with Crippen LogP contribution < -0.4 is 5.73 Å². The number of hydrogen-bond acceptors (Lipinski definition) is 4. The van der Waals surface area contributed by atoms with Crippen LogP contribution in [-0.4, -0.2) is 26.9 Å². The minimum atomic E-state index is -3.24. The second-order valence-corrected chi connectivity index (χ2v) is 5.83. The van der Waals surface area contributed by atoms with Crippen LogP contribution in [0.25, 0.3) is 0 Å². The molecule has 0 saturated carbocycles. The lowest BCUT2D eigenvalue weighted by Crippen LogP contribution is -2.21. The first-order valence-corrected chi connectivity index (χ1v) is 6.32. The van der Waals surface area contributed by atoms with Crippen LogP contribution in [0.5, 0.6) is 0 Å². The van der Waals surface area contributed by atoms with Crippen molar-refractivity contribution in [3.8, 4) is 0 Å². The third-order valence-corrected chi connectivity index (χ3v) is 4.71. The SMILES string of the molecule is Nc1ccc(S(=O)(=O)C2CCOC2)cc1. The van der Waals surface area contributed by atoms with Crippen LogP contribution in [0.15, 0.2) is 29.2 Å². The van der Waals surface area contributed by atoms with Gasteiger partial charge in [-0.25, -0.2) is 8.42 Å². The maximum absolute atomic E-state index is 12.0. The van der Waals surface area contributed by atoms with Gasteiger partial charge in [0.05, 0.1) is 16.8 Å². The lowest BCUT2D eigenvalue weighted by molar-refractivity contribution is 0.198. The molecule has 0 aliphatic carbocycles. The molecule has 2 N–H and O–H groups in total. The van der Waals surface area contributed by atoms with Crippen LogP contribution in [-0.2, 0) is 14.6 Å². The van der Waals surface area contributed by atoms with Gasteiger partial charge in [-0.2, -0.15) is 0 Å². The molecule has 1 aliphatic heterocycles. The number of ether oxygens (including phenoxy) is 1. The minimum Gasteiger partial charge on any atom is -0.399 e. The van der Waals surface area contributed by atoms with E-state index < -0.39 is 15.1 Å². The Bertz CT molecular complexity index is 432. The van der Waals surface area contributed by atoms with Crippen molar-refractivity contribution in [1.82, 2.24) is 0 Å². The molecule has 1 fully saturated rings. The van der Waals surface area contributed by atoms with E-state index in [9.17, 15) is 8.42 Å². The van der Waals surface area contributed by atoms with Crippen molar-refractivity contribution in [2.45, 2.75) is 16.6 Å². The van der Waals surface area contributed by atoms with Crippen molar-refractivity contribution >= 4 is 15.5 Å². The molecule has 0 radical (unpaired) electrons. The smallest absolute Gasteiger partial charge is 0.183 e. The van der Waals surface area contributed by atoms with E-state index >= 15 is 0 Å². The Kier molecular flexibility index (Phi) is 2.67. The average Bonchev–Trinajstić information content (AvgIpc) is 2.71. The average molecular weight is 227 g/mol. The number of nitrogens with two attached hydrogens (primary N) is 1. The fourth-order valence-corrected chi connectivity index (χ4v) is 3.19. The Morgan fingerprint density at radius 1 is 1.27 bits per heavy atom. The Hall–Kier alpha value is -1.07. The van der Waals surface area contributed by atoms with Gasteiger partial charge in [0.2, 0.25) is 0 Å². The third-order valence-electron chi connectivity index (χ3n) is 2.54. The van der Waals surface area contributed by atoms with Crippen molar-refractivity contribution in [2.24, 2.45) is 0 Å². The summed E-state index contributed by atoms with van der Waals surface area (Å²) in [4.78, 5) is 0.326. The van der Waals surface area contributed by atoms with E-state index in [-0.39, 0.29) is 0 Å². The Labute approximate surface area is 89.0 Å². The van der Waals surface area contributed by atoms with E-state index in [1.165, 1.54) is 0 Å². The number of hydrogen-bond donors (Lipinski definition) is 1. The standard InChI is InChI=1S/C10H13NO3S/c11-8-1-3-9(4-2-8)15(12,13)10-5-6-14-7-10/h1-4,10H,5-7,11H2. The third kappa shape index (κ3) is 1.98. The van der Waals surface area contributed by atoms with Crippen LogP contribution in [0.4, 0.5) is 5.69 Å². The normalized spacial score (nSPS) is 21.7. The number of nitrogen functional groups attached to an aromatic ring is 1. The summed E-state index contributed by atoms with van der Waals surface area (Å²) in [7, 11) is -3.24. The van der Waals surface area contributed by atoms with Gasteiger partial charge >= 0.3 is 0 Å². The van der Waals surface area contributed by atoms with Crippen molar-refractivity contribution in [3.63, 3.8) is 0 Å². The molecular weight excluding hydrogens is 214 g/mol. The summed E-state index contributed by atoms with van der Waals surface area (Å²) >= 11 is 0. The zero-order valence-corrected chi connectivity index (χ0v) is 9.03. The largest absolute Gasteiger partial charge is 0.399 e. The predicted molar refractivity (Wildman–Crippen MR) is 57.3 cm³/mol. The molecule has 1 unspecified atom stereocenters. The molecule has 15 heavy (non-hydrogen) atoms. The second-order valence-electron chi connectivity index (χ2n) is 3.60. The first-order chi connectivity index (χ1) is 7.10. The first-order valence-electron chi connectivity index (χ1n) is 4.78. The highest BCUT2D eigenvalue weighted by Gasteiger charge is 2.30. The molecule has 2 rings (SSSR count). The molecule has 1 aromatic rings. The molecule has 82 valence electrons. The molecule has 1 aliphatic rings. The summed E-state index contributed by atoms with van der Waals surface area (Å²) in [6, 6.07) is 6.29. The van der Waals surface area contributed by atoms with Gasteiger partial charge in [-0.1, -0.05) is 0 Å². The van der Waals surface area contributed by atoms with Crippen molar-refractivity contribution in [3.05, 3.63) is 24.3 Å². The van der Waals surface area contributed by atoms with E-state index in [0.717, 1.165) is 0 Å². The highest BCUT2D eigenvalue weighted by molar-refractivity contribution is 7.92. The van der Waals surface area contributed by atoms with E-state index in [2.05, 4.69) is 0 Å². The van der Waals surface area contributed by atoms with Crippen LogP contribution >= 0.6 is 0 Å². The molecule has 4 nitrogen and oxygen atoms in total. The summed E-state index contributed by atoms with van der Waals surface area (Å²) in [6.07, 6.45) is 0.576. The highest BCUT2D eigenvalue weighted by atomic mass is 32.2. The predicted octanol–water partition coefficient (Wildman–Crippen LogP) is 0.831. The Balaban J connectivity index is 2.32. The summed E-state index contributed by atoms with van der Waals surface area (Å²) in [5.41, 5.74) is 6.07. The molecule has 1 heterocycles. The number of benzene rings is 1. The monoisotopic (exact) mass is 227 g/mol. The Morgan fingerprint density at radius 3 is 2.47 bits per heavy atom. The van der Waals surface area contributed by atoms with E-state index in [1.54, 1.807) is 24.3 Å². The fourth-order valence-electron chi connectivity index (χ4n) is 1.61. The van der Waals surface area contributed by atoms with Gasteiger partial charge < -0.3 is 10.5 Å². The molecule has 0 spiro atoms. The van der Waals surface area contributed by atoms with Crippen molar-refractivity contribution < 1.29 is 13.2 Å². The maximum Gasteiger partial charge on any atom is 0.183 e. The molecule has 1 saturated heterocycles. The summed E-state index contributed by atoms with van der Waals surface area (Å²) in [5, 5.41) is -0.402. The van der Waals surface area contributed by atoms with E-state index in [0.29, 0.717) is 30.2 Å². The number of sulfone groups is 1. The topological polar surface area (TPSA) is 69.4 Å². The maximum atomic E-state index is 12.0. The minimum absolute atomic E-state index is 0.298. The quantitative estimate of drug-likeness (QED) is 0.760. The molecule has 1 aromatic carbocycles. The first kappa shape index (κ1) is 10.4. The van der Waals surface area contributed by atoms with Gasteiger partial charge in [-0.05, 0) is 30.7 Å². The van der Waals surface area contributed by atoms with Gasteiger partial charge in [0.25, 0.3) is 0 Å². The van der Waals surface area contributed by atoms with Gasteiger partial charge in [0.1, 0.15) is 0 Å². The van der Waals surface area contributed by atoms with Gasteiger partial charge in [-0.3, -0.25) is 0 Å². The Morgan fingerprint density at radius 2 is 1.93 bits per heavy atom. The summed E-state index contributed by atoms with van der Waals surface area (Å²) < 4.78 is 29.1. The van der Waals surface area contributed by atoms with Gasteiger partial charge in [0, 0.05) is 12.3 Å². The van der Waals surface area contributed by atoms with Crippen molar-refractivity contribution in [2.75, 3.05) is 18.9 Å². The number of rotatable bonds is 2. The van der Waals surface area contributed by atoms with E-state index in [4.69, 9.17) is 10.5 Å². The summed E-state index contributed by atoms with van der Waals surface area (Å²) in [6.45, 7) is 0.825. The molecule has 0 amide bonds. The number of anilines is 1. The molecular formula is C10H13NO3S. The molecule has 1 atom stereocenters. The lowest BCUT2D eigenvalue weighted by atomic mass is 10.3. The molecule has 5 heteroatoms. The van der Waals surface area contributed by atoms with Gasteiger partial charge in [-0.15, -0.1) is 0 Å². The molecule has 0 bridgehead atoms. The van der Waals surface area contributed by atoms with Crippen LogP contribution in [0.3, 0.4) is 0 Å². The lowest BCUT2D eigenvalue weighted by Gasteiger charge is -2.09. The second kappa shape index (κ2) is 3.83. The summed E-state index contributed by atoms with van der Waals surface area (Å²) in [5.74, 6) is 0. The van der Waals surface area contributed by atoms with Crippen molar-refractivity contribution in [1.29, 1.82) is 0 Å². The van der Waals surface area contributed by atoms with Crippen LogP contribution in [0.1, 0.15) is 6.42 Å².